The number of hydrogen-bond acceptors (Lipinski definition) is 8. The van der Waals surface area contributed by atoms with Gasteiger partial charge in [0.15, 0.2) is 12.4 Å². The molecule has 0 aromatic carbocycles. The number of aliphatic hydroxyl groups is 4. The van der Waals surface area contributed by atoms with Crippen LogP contribution in [-0.2, 0) is 14.3 Å². The summed E-state index contributed by atoms with van der Waals surface area (Å²) in [4.78, 5) is 11.8. The third-order valence-corrected chi connectivity index (χ3v) is 3.62. The Balaban J connectivity index is 2.74. The molecule has 7 atom stereocenters. The van der Waals surface area contributed by atoms with Crippen molar-refractivity contribution in [3.63, 3.8) is 0 Å². The Morgan fingerprint density at radius 2 is 1.95 bits per heavy atom. The highest BCUT2D eigenvalue weighted by Gasteiger charge is 2.46. The van der Waals surface area contributed by atoms with Gasteiger partial charge in [-0.05, 0) is 5.92 Å². The molecule has 1 unspecified atom stereocenters. The molecule has 1 aliphatic heterocycles. The second-order valence-corrected chi connectivity index (χ2v) is 5.04. The van der Waals surface area contributed by atoms with Crippen molar-refractivity contribution in [3.05, 3.63) is 0 Å². The van der Waals surface area contributed by atoms with E-state index < -0.39 is 49.3 Å². The Labute approximate surface area is 117 Å². The lowest BCUT2D eigenvalue weighted by molar-refractivity contribution is -0.290. The van der Waals surface area contributed by atoms with Crippen LogP contribution >= 0.6 is 0 Å². The number of carbonyl (C=O) groups is 1. The molecule has 1 rings (SSSR count). The van der Waals surface area contributed by atoms with E-state index in [1.165, 1.54) is 0 Å². The summed E-state index contributed by atoms with van der Waals surface area (Å²) >= 11 is 0. The Hall–Kier alpha value is -0.770. The minimum absolute atomic E-state index is 0.129. The van der Waals surface area contributed by atoms with Crippen molar-refractivity contribution in [1.82, 2.24) is 0 Å². The van der Waals surface area contributed by atoms with Crippen LogP contribution in [0.5, 0.6) is 0 Å². The topological polar surface area (TPSA) is 142 Å². The van der Waals surface area contributed by atoms with Crippen LogP contribution in [0.15, 0.2) is 0 Å². The van der Waals surface area contributed by atoms with Crippen LogP contribution in [0.2, 0.25) is 0 Å². The zero-order valence-electron chi connectivity index (χ0n) is 11.5. The summed E-state index contributed by atoms with van der Waals surface area (Å²) in [5, 5.41) is 38.0. The maximum atomic E-state index is 11.8. The minimum atomic E-state index is -1.66. The molecular formula is C12H23NO7. The van der Waals surface area contributed by atoms with Crippen molar-refractivity contribution in [3.8, 4) is 0 Å². The second-order valence-electron chi connectivity index (χ2n) is 5.04. The average molecular weight is 293 g/mol. The summed E-state index contributed by atoms with van der Waals surface area (Å²) in [5.41, 5.74) is 5.70. The van der Waals surface area contributed by atoms with Crippen molar-refractivity contribution >= 4 is 5.97 Å². The fourth-order valence-corrected chi connectivity index (χ4v) is 1.91. The zero-order valence-corrected chi connectivity index (χ0v) is 11.5. The lowest BCUT2D eigenvalue weighted by Gasteiger charge is -2.39. The molecule has 0 amide bonds. The number of esters is 1. The maximum Gasteiger partial charge on any atom is 0.323 e. The summed E-state index contributed by atoms with van der Waals surface area (Å²) in [7, 11) is 0. The Morgan fingerprint density at radius 3 is 2.45 bits per heavy atom. The highest BCUT2D eigenvalue weighted by molar-refractivity contribution is 5.76. The average Bonchev–Trinajstić information content (AvgIpc) is 2.45. The van der Waals surface area contributed by atoms with Crippen LogP contribution < -0.4 is 5.73 Å². The monoisotopic (exact) mass is 293 g/mol. The minimum Gasteiger partial charge on any atom is -0.455 e. The molecule has 8 nitrogen and oxygen atoms in total. The maximum absolute atomic E-state index is 11.8. The molecule has 20 heavy (non-hydrogen) atoms. The molecule has 0 spiro atoms. The number of nitrogens with two attached hydrogens (primary N) is 1. The third-order valence-electron chi connectivity index (χ3n) is 3.62. The van der Waals surface area contributed by atoms with E-state index in [-0.39, 0.29) is 5.92 Å². The SMILES string of the molecule is CC[C@H](C)[C@H](N)C(=O)O[C@H]1[C@H](O)[C@@H](CO)OC(O)[C@@H]1O. The van der Waals surface area contributed by atoms with Gasteiger partial charge in [-0.15, -0.1) is 0 Å². The van der Waals surface area contributed by atoms with Gasteiger partial charge in [0, 0.05) is 0 Å². The molecule has 1 saturated heterocycles. The van der Waals surface area contributed by atoms with Gasteiger partial charge in [-0.25, -0.2) is 0 Å². The Morgan fingerprint density at radius 1 is 1.35 bits per heavy atom. The lowest BCUT2D eigenvalue weighted by Crippen LogP contribution is -2.60. The van der Waals surface area contributed by atoms with Crippen LogP contribution in [-0.4, -0.2) is 69.8 Å². The largest absolute Gasteiger partial charge is 0.455 e. The molecular weight excluding hydrogens is 270 g/mol. The highest BCUT2D eigenvalue weighted by atomic mass is 16.7. The standard InChI is InChI=1S/C12H23NO7/c1-3-5(2)7(13)11(17)20-10-8(15)6(4-14)19-12(18)9(10)16/h5-10,12,14-16,18H,3-4,13H2,1-2H3/t5-,6+,7-,8+,9+,10-,12?/m0/s1. The molecule has 1 aliphatic rings. The van der Waals surface area contributed by atoms with Gasteiger partial charge in [0.2, 0.25) is 0 Å². The van der Waals surface area contributed by atoms with Crippen molar-refractivity contribution in [1.29, 1.82) is 0 Å². The first kappa shape index (κ1) is 17.3. The van der Waals surface area contributed by atoms with E-state index in [4.69, 9.17) is 20.3 Å². The fraction of sp³-hybridized carbons (Fsp3) is 0.917. The summed E-state index contributed by atoms with van der Waals surface area (Å²) < 4.78 is 9.77. The first-order chi connectivity index (χ1) is 9.33. The van der Waals surface area contributed by atoms with Crippen LogP contribution in [0.25, 0.3) is 0 Å². The molecule has 0 aliphatic carbocycles. The first-order valence-electron chi connectivity index (χ1n) is 6.60. The molecule has 0 aromatic heterocycles. The van der Waals surface area contributed by atoms with E-state index in [0.29, 0.717) is 6.42 Å². The van der Waals surface area contributed by atoms with Crippen molar-refractivity contribution in [2.45, 2.75) is 57.0 Å². The normalized spacial score (nSPS) is 37.2. The smallest absolute Gasteiger partial charge is 0.323 e. The van der Waals surface area contributed by atoms with Gasteiger partial charge in [0.1, 0.15) is 24.4 Å². The molecule has 0 saturated carbocycles. The molecule has 118 valence electrons. The van der Waals surface area contributed by atoms with E-state index in [9.17, 15) is 20.1 Å². The van der Waals surface area contributed by atoms with Crippen LogP contribution in [0, 0.1) is 5.92 Å². The molecule has 1 fully saturated rings. The van der Waals surface area contributed by atoms with E-state index in [2.05, 4.69) is 0 Å². The summed E-state index contributed by atoms with van der Waals surface area (Å²) in [6.45, 7) is 3.05. The van der Waals surface area contributed by atoms with Crippen molar-refractivity contribution < 1.29 is 34.7 Å². The fourth-order valence-electron chi connectivity index (χ4n) is 1.91. The van der Waals surface area contributed by atoms with Crippen LogP contribution in [0.1, 0.15) is 20.3 Å². The van der Waals surface area contributed by atoms with Gasteiger partial charge in [-0.2, -0.15) is 0 Å². The summed E-state index contributed by atoms with van der Waals surface area (Å²) in [6, 6.07) is -0.896. The molecule has 1 heterocycles. The molecule has 8 heteroatoms. The van der Waals surface area contributed by atoms with Gasteiger partial charge < -0.3 is 35.6 Å². The number of ether oxygens (including phenoxy) is 2. The number of hydrogen-bond donors (Lipinski definition) is 5. The first-order valence-corrected chi connectivity index (χ1v) is 6.60. The molecule has 0 aromatic rings. The molecule has 0 bridgehead atoms. The zero-order chi connectivity index (χ0) is 15.4. The third kappa shape index (κ3) is 3.66. The predicted octanol–water partition coefficient (Wildman–Crippen LogP) is -2.30. The summed E-state index contributed by atoms with van der Waals surface area (Å²) in [5.74, 6) is -0.913. The highest BCUT2D eigenvalue weighted by Crippen LogP contribution is 2.23. The quantitative estimate of drug-likeness (QED) is 0.356. The van der Waals surface area contributed by atoms with Gasteiger partial charge in [-0.3, -0.25) is 4.79 Å². The van der Waals surface area contributed by atoms with Gasteiger partial charge in [0.25, 0.3) is 0 Å². The Bertz CT molecular complexity index is 327. The van der Waals surface area contributed by atoms with Gasteiger partial charge >= 0.3 is 5.97 Å². The van der Waals surface area contributed by atoms with Gasteiger partial charge in [0.05, 0.1) is 6.61 Å². The van der Waals surface area contributed by atoms with E-state index >= 15 is 0 Å². The van der Waals surface area contributed by atoms with E-state index in [1.54, 1.807) is 6.92 Å². The lowest BCUT2D eigenvalue weighted by atomic mass is 9.97. The molecule has 6 N–H and O–H groups in total. The van der Waals surface area contributed by atoms with Crippen LogP contribution in [0.3, 0.4) is 0 Å². The summed E-state index contributed by atoms with van der Waals surface area (Å²) in [6.07, 6.45) is -6.61. The van der Waals surface area contributed by atoms with E-state index in [1.807, 2.05) is 6.92 Å². The number of carbonyl (C=O) groups excluding carboxylic acids is 1. The van der Waals surface area contributed by atoms with Gasteiger partial charge in [-0.1, -0.05) is 20.3 Å². The van der Waals surface area contributed by atoms with Crippen molar-refractivity contribution in [2.24, 2.45) is 11.7 Å². The predicted molar refractivity (Wildman–Crippen MR) is 67.3 cm³/mol. The van der Waals surface area contributed by atoms with E-state index in [0.717, 1.165) is 0 Å². The molecule has 0 radical (unpaired) electrons. The second kappa shape index (κ2) is 7.30. The van der Waals surface area contributed by atoms with Crippen molar-refractivity contribution in [2.75, 3.05) is 6.61 Å². The Kier molecular flexibility index (Phi) is 6.31. The van der Waals surface area contributed by atoms with Crippen LogP contribution in [0.4, 0.5) is 0 Å². The number of rotatable bonds is 5. The number of aliphatic hydroxyl groups excluding tert-OH is 4.